The first kappa shape index (κ1) is 28.0. The van der Waals surface area contributed by atoms with Crippen molar-refractivity contribution in [3.05, 3.63) is 65.7 Å². The lowest BCUT2D eigenvalue weighted by molar-refractivity contribution is -0.342. The highest BCUT2D eigenvalue weighted by atomic mass is 19.4. The second kappa shape index (κ2) is 9.71. The predicted molar refractivity (Wildman–Crippen MR) is 111 cm³/mol. The number of aromatic hydroxyl groups is 1. The van der Waals surface area contributed by atoms with Crippen LogP contribution in [0.5, 0.6) is 11.5 Å². The second-order valence-corrected chi connectivity index (χ2v) is 7.65. The summed E-state index contributed by atoms with van der Waals surface area (Å²) in [5, 5.41) is 11.1. The molecule has 0 saturated carbocycles. The van der Waals surface area contributed by atoms with Gasteiger partial charge in [0.15, 0.2) is 6.61 Å². The molecule has 0 unspecified atom stereocenters. The van der Waals surface area contributed by atoms with Gasteiger partial charge in [-0.05, 0) is 35.0 Å². The van der Waals surface area contributed by atoms with Crippen LogP contribution in [0, 0.1) is 0 Å². The van der Waals surface area contributed by atoms with E-state index in [9.17, 15) is 53.4 Å². The molecule has 1 N–H and O–H groups in total. The number of alkyl halides is 11. The van der Waals surface area contributed by atoms with Gasteiger partial charge < -0.3 is 9.84 Å². The maximum Gasteiger partial charge on any atom is 0.416 e. The van der Waals surface area contributed by atoms with Gasteiger partial charge in [0.25, 0.3) is 0 Å². The minimum absolute atomic E-state index is 0.0186. The number of ether oxygens (including phenoxy) is 1. The fraction of sp³-hybridized carbons (Fsp3) is 0.261. The first-order valence-electron chi connectivity index (χ1n) is 9.99. The van der Waals surface area contributed by atoms with Gasteiger partial charge in [-0.25, -0.2) is 8.78 Å². The topological polar surface area (TPSA) is 41.8 Å². The zero-order valence-corrected chi connectivity index (χ0v) is 18.0. The molecule has 0 aliphatic rings. The molecule has 0 radical (unpaired) electrons. The monoisotopic (exact) mass is 545 g/mol. The van der Waals surface area contributed by atoms with Crippen LogP contribution in [0.25, 0.3) is 10.8 Å². The van der Waals surface area contributed by atoms with E-state index >= 15 is 0 Å². The number of hydrogen-bond acceptors (Lipinski definition) is 3. The lowest BCUT2D eigenvalue weighted by atomic mass is 10.0. The molecule has 0 aliphatic carbocycles. The van der Waals surface area contributed by atoms with Gasteiger partial charge in [-0.15, -0.1) is 0 Å². The van der Waals surface area contributed by atoms with E-state index in [1.807, 2.05) is 0 Å². The lowest BCUT2D eigenvalue weighted by Gasteiger charge is -2.32. The van der Waals surface area contributed by atoms with Gasteiger partial charge in [0, 0.05) is 11.8 Å². The molecule has 14 heteroatoms. The van der Waals surface area contributed by atoms with Crippen LogP contribution in [-0.2, 0) is 6.18 Å². The van der Waals surface area contributed by atoms with Crippen molar-refractivity contribution in [2.24, 2.45) is 4.99 Å². The number of phenols is 1. The molecule has 3 nitrogen and oxygen atoms in total. The summed E-state index contributed by atoms with van der Waals surface area (Å²) in [4.78, 5) is 3.69. The first-order valence-corrected chi connectivity index (χ1v) is 9.99. The van der Waals surface area contributed by atoms with Gasteiger partial charge in [-0.3, -0.25) is 4.99 Å². The van der Waals surface area contributed by atoms with Crippen molar-refractivity contribution in [2.45, 2.75) is 30.4 Å². The summed E-state index contributed by atoms with van der Waals surface area (Å²) in [6.45, 7) is -2.60. The summed E-state index contributed by atoms with van der Waals surface area (Å²) in [5.74, 6) is -20.2. The highest BCUT2D eigenvalue weighted by Gasteiger charge is 2.75. The average molecular weight is 545 g/mol. The minimum atomic E-state index is -6.57. The Morgan fingerprint density at radius 3 is 2.14 bits per heavy atom. The quantitative estimate of drug-likeness (QED) is 0.231. The lowest BCUT2D eigenvalue weighted by Crippen LogP contribution is -2.59. The number of fused-ring (bicyclic) bond motifs is 1. The smallest absolute Gasteiger partial charge is 0.416 e. The maximum atomic E-state index is 13.9. The fourth-order valence-electron chi connectivity index (χ4n) is 3.11. The van der Waals surface area contributed by atoms with Crippen LogP contribution in [0.3, 0.4) is 0 Å². The molecule has 0 amide bonds. The van der Waals surface area contributed by atoms with Crippen LogP contribution in [0.4, 0.5) is 54.0 Å². The molecule has 3 aromatic carbocycles. The van der Waals surface area contributed by atoms with Crippen LogP contribution < -0.4 is 4.74 Å². The molecular formula is C23H14F11NO2. The Bertz CT molecular complexity index is 1300. The van der Waals surface area contributed by atoms with E-state index in [1.165, 1.54) is 18.2 Å². The van der Waals surface area contributed by atoms with E-state index < -0.39 is 54.0 Å². The van der Waals surface area contributed by atoms with Crippen molar-refractivity contribution < 1.29 is 58.1 Å². The summed E-state index contributed by atoms with van der Waals surface area (Å²) in [5.41, 5.74) is -2.24. The minimum Gasteiger partial charge on any atom is -0.507 e. The molecule has 0 atom stereocenters. The molecular weight excluding hydrogens is 531 g/mol. The van der Waals surface area contributed by atoms with Crippen LogP contribution in [0.1, 0.15) is 11.1 Å². The third-order valence-electron chi connectivity index (χ3n) is 5.13. The van der Waals surface area contributed by atoms with E-state index in [0.717, 1.165) is 6.21 Å². The Hall–Kier alpha value is -3.58. The summed E-state index contributed by atoms with van der Waals surface area (Å²) < 4.78 is 149. The molecule has 0 heterocycles. The second-order valence-electron chi connectivity index (χ2n) is 7.65. The normalized spacial score (nSPS) is 13.6. The number of halogens is 11. The van der Waals surface area contributed by atoms with Gasteiger partial charge >= 0.3 is 30.4 Å². The highest BCUT2D eigenvalue weighted by Crippen LogP contribution is 2.49. The van der Waals surface area contributed by atoms with Gasteiger partial charge in [-0.1, -0.05) is 30.3 Å². The molecule has 0 aliphatic heterocycles. The highest BCUT2D eigenvalue weighted by molar-refractivity contribution is 6.03. The van der Waals surface area contributed by atoms with E-state index in [0.29, 0.717) is 22.9 Å². The number of rotatable bonds is 8. The first-order chi connectivity index (χ1) is 17.0. The summed E-state index contributed by atoms with van der Waals surface area (Å²) in [6.07, 6.45) is -9.27. The van der Waals surface area contributed by atoms with Crippen molar-refractivity contribution >= 4 is 22.7 Å². The molecule has 0 bridgehead atoms. The summed E-state index contributed by atoms with van der Waals surface area (Å²) in [6, 6.07) is 10.1. The largest absolute Gasteiger partial charge is 0.507 e. The molecule has 0 spiro atoms. The SMILES string of the molecule is Oc1ccc2ccccc2c1C=Nc1cc(C(F)(F)F)ccc1OCC(F)(F)C(F)(F)C(F)(F)C(F)F. The molecule has 3 rings (SSSR count). The Labute approximate surface area is 200 Å². The molecule has 0 fully saturated rings. The van der Waals surface area contributed by atoms with Crippen LogP contribution in [0.15, 0.2) is 59.6 Å². The van der Waals surface area contributed by atoms with Gasteiger partial charge in [0.1, 0.15) is 17.2 Å². The molecule has 37 heavy (non-hydrogen) atoms. The fourth-order valence-corrected chi connectivity index (χ4v) is 3.11. The van der Waals surface area contributed by atoms with Crippen LogP contribution >= 0.6 is 0 Å². The number of benzene rings is 3. The number of aliphatic imine (C=N–C) groups is 1. The van der Waals surface area contributed by atoms with Crippen molar-refractivity contribution in [1.29, 1.82) is 0 Å². The Morgan fingerprint density at radius 1 is 0.865 bits per heavy atom. The Morgan fingerprint density at radius 2 is 1.51 bits per heavy atom. The zero-order chi connectivity index (χ0) is 27.8. The van der Waals surface area contributed by atoms with E-state index in [1.54, 1.807) is 18.2 Å². The van der Waals surface area contributed by atoms with Crippen molar-refractivity contribution in [3.8, 4) is 11.5 Å². The van der Waals surface area contributed by atoms with Gasteiger partial charge in [0.2, 0.25) is 0 Å². The van der Waals surface area contributed by atoms with Gasteiger partial charge in [0.05, 0.1) is 5.56 Å². The molecule has 3 aromatic rings. The number of hydrogen-bond donors (Lipinski definition) is 1. The molecule has 200 valence electrons. The number of phenolic OH excluding ortho intramolecular Hbond substituents is 1. The molecule has 0 saturated heterocycles. The van der Waals surface area contributed by atoms with Crippen molar-refractivity contribution in [3.63, 3.8) is 0 Å². The van der Waals surface area contributed by atoms with Crippen molar-refractivity contribution in [2.75, 3.05) is 6.61 Å². The Kier molecular flexibility index (Phi) is 7.35. The zero-order valence-electron chi connectivity index (χ0n) is 18.0. The van der Waals surface area contributed by atoms with E-state index in [4.69, 9.17) is 0 Å². The van der Waals surface area contributed by atoms with Crippen molar-refractivity contribution in [1.82, 2.24) is 0 Å². The van der Waals surface area contributed by atoms with E-state index in [-0.39, 0.29) is 17.4 Å². The Balaban J connectivity index is 2.01. The summed E-state index contributed by atoms with van der Waals surface area (Å²) >= 11 is 0. The van der Waals surface area contributed by atoms with E-state index in [2.05, 4.69) is 9.73 Å². The third kappa shape index (κ3) is 5.42. The van der Waals surface area contributed by atoms with Crippen LogP contribution in [-0.4, -0.2) is 42.1 Å². The maximum absolute atomic E-state index is 13.9. The van der Waals surface area contributed by atoms with Gasteiger partial charge in [-0.2, -0.15) is 39.5 Å². The average Bonchev–Trinajstić information content (AvgIpc) is 2.81. The van der Waals surface area contributed by atoms with Crippen LogP contribution in [0.2, 0.25) is 0 Å². The predicted octanol–water partition coefficient (Wildman–Crippen LogP) is 7.86. The standard InChI is InChI=1S/C23H14F11NO2/c24-19(25)21(28,29)23(33,34)20(26,27)11-37-18-8-6-13(22(30,31)32)9-16(18)35-10-15-14-4-2-1-3-12(14)5-7-17(15)36/h1-10,19,36H,11H2. The summed E-state index contributed by atoms with van der Waals surface area (Å²) in [7, 11) is 0. The third-order valence-corrected chi connectivity index (χ3v) is 5.13. The number of nitrogens with zero attached hydrogens (tertiary/aromatic N) is 1. The molecule has 0 aromatic heterocycles.